The summed E-state index contributed by atoms with van der Waals surface area (Å²) < 4.78 is 17.4. The Morgan fingerprint density at radius 2 is 1.96 bits per heavy atom. The van der Waals surface area contributed by atoms with Gasteiger partial charge in [0.1, 0.15) is 6.10 Å². The van der Waals surface area contributed by atoms with Crippen LogP contribution >= 0.6 is 0 Å². The second kappa shape index (κ2) is 5.93. The van der Waals surface area contributed by atoms with Gasteiger partial charge in [0.05, 0.1) is 16.6 Å². The quantitative estimate of drug-likeness (QED) is 0.360. The first kappa shape index (κ1) is 17.6. The van der Waals surface area contributed by atoms with Crippen molar-refractivity contribution >= 4 is 11.7 Å². The average molecular weight is 347 g/mol. The minimum atomic E-state index is -1.12. The van der Waals surface area contributed by atoms with E-state index >= 15 is 0 Å². The molecule has 0 aliphatic carbocycles. The molecule has 0 spiro atoms. The molecule has 0 radical (unpaired) electrons. The summed E-state index contributed by atoms with van der Waals surface area (Å²) in [6, 6.07) is 5.32. The largest absolute Gasteiger partial charge is 0.425 e. The highest BCUT2D eigenvalue weighted by Crippen LogP contribution is 2.52. The Bertz CT molecular complexity index is 738. The molecule has 7 nitrogen and oxygen atoms in total. The molecule has 1 aromatic rings. The van der Waals surface area contributed by atoms with Crippen LogP contribution in [0.1, 0.15) is 37.6 Å². The molecule has 0 saturated carbocycles. The lowest BCUT2D eigenvalue weighted by Crippen LogP contribution is -2.44. The SMILES string of the molecule is COC1C=C(C)C2(OC(=O)c3ccc([N+](=O)[O-])cc3)CC(C)(C)C1O2. The van der Waals surface area contributed by atoms with Gasteiger partial charge in [-0.3, -0.25) is 10.1 Å². The van der Waals surface area contributed by atoms with E-state index in [9.17, 15) is 14.9 Å². The first-order valence-electron chi connectivity index (χ1n) is 8.06. The Morgan fingerprint density at radius 3 is 2.52 bits per heavy atom. The standard InChI is InChI=1S/C18H21NO6/c1-11-9-14(23-4)15-17(2,3)10-18(11,24-15)25-16(20)12-5-7-13(8-6-12)19(21)22/h5-9,14-15H,10H2,1-4H3. The molecule has 1 saturated heterocycles. The predicted octanol–water partition coefficient (Wildman–Crippen LogP) is 3.24. The number of hydrogen-bond donors (Lipinski definition) is 0. The molecule has 2 aliphatic heterocycles. The molecule has 2 aliphatic rings. The number of nitrogens with zero attached hydrogens (tertiary/aromatic N) is 1. The summed E-state index contributed by atoms with van der Waals surface area (Å²) in [5.74, 6) is -1.70. The Kier molecular flexibility index (Phi) is 4.17. The molecule has 2 heterocycles. The smallest absolute Gasteiger partial charge is 0.340 e. The first-order chi connectivity index (χ1) is 11.7. The van der Waals surface area contributed by atoms with Gasteiger partial charge in [-0.1, -0.05) is 13.8 Å². The van der Waals surface area contributed by atoms with Crippen LogP contribution in [-0.2, 0) is 14.2 Å². The van der Waals surface area contributed by atoms with Crippen molar-refractivity contribution in [3.8, 4) is 0 Å². The maximum absolute atomic E-state index is 12.6. The van der Waals surface area contributed by atoms with Crippen molar-refractivity contribution < 1.29 is 23.9 Å². The number of esters is 1. The zero-order valence-electron chi connectivity index (χ0n) is 14.6. The third kappa shape index (κ3) is 2.94. The number of carbonyl (C=O) groups is 1. The van der Waals surface area contributed by atoms with E-state index in [2.05, 4.69) is 13.8 Å². The van der Waals surface area contributed by atoms with Crippen LogP contribution in [0.4, 0.5) is 5.69 Å². The number of carbonyl (C=O) groups excluding carboxylic acids is 1. The monoisotopic (exact) mass is 347 g/mol. The summed E-state index contributed by atoms with van der Waals surface area (Å²) in [6.07, 6.45) is 2.05. The van der Waals surface area contributed by atoms with E-state index in [0.29, 0.717) is 6.42 Å². The predicted molar refractivity (Wildman–Crippen MR) is 89.1 cm³/mol. The molecule has 3 rings (SSSR count). The van der Waals surface area contributed by atoms with Gasteiger partial charge in [-0.25, -0.2) is 4.79 Å². The second-order valence-corrected chi connectivity index (χ2v) is 7.20. The molecule has 1 aromatic carbocycles. The number of nitro groups is 1. The third-order valence-corrected chi connectivity index (χ3v) is 4.93. The van der Waals surface area contributed by atoms with E-state index in [0.717, 1.165) is 5.57 Å². The van der Waals surface area contributed by atoms with Crippen molar-refractivity contribution in [2.75, 3.05) is 7.11 Å². The molecular formula is C18H21NO6. The van der Waals surface area contributed by atoms with Gasteiger partial charge in [-0.05, 0) is 30.7 Å². The Labute approximate surface area is 145 Å². The summed E-state index contributed by atoms with van der Waals surface area (Å²) in [7, 11) is 1.63. The highest BCUT2D eigenvalue weighted by molar-refractivity contribution is 5.90. The van der Waals surface area contributed by atoms with Crippen LogP contribution in [0.25, 0.3) is 0 Å². The molecule has 0 N–H and O–H groups in total. The number of nitro benzene ring substituents is 1. The minimum Gasteiger partial charge on any atom is -0.425 e. The van der Waals surface area contributed by atoms with Gasteiger partial charge < -0.3 is 14.2 Å². The average Bonchev–Trinajstić information content (AvgIpc) is 2.80. The highest BCUT2D eigenvalue weighted by Gasteiger charge is 2.59. The molecule has 0 aromatic heterocycles. The van der Waals surface area contributed by atoms with Gasteiger partial charge in [0.25, 0.3) is 5.69 Å². The molecule has 25 heavy (non-hydrogen) atoms. The van der Waals surface area contributed by atoms with Gasteiger partial charge >= 0.3 is 5.97 Å². The lowest BCUT2D eigenvalue weighted by atomic mass is 9.82. The van der Waals surface area contributed by atoms with E-state index in [4.69, 9.17) is 14.2 Å². The van der Waals surface area contributed by atoms with Crippen molar-refractivity contribution in [1.29, 1.82) is 0 Å². The summed E-state index contributed by atoms with van der Waals surface area (Å²) in [6.45, 7) is 5.96. The normalized spacial score (nSPS) is 29.8. The van der Waals surface area contributed by atoms with Crippen molar-refractivity contribution in [3.05, 3.63) is 51.6 Å². The van der Waals surface area contributed by atoms with Crippen molar-refractivity contribution in [3.63, 3.8) is 0 Å². The van der Waals surface area contributed by atoms with E-state index in [-0.39, 0.29) is 28.9 Å². The zero-order valence-corrected chi connectivity index (χ0v) is 14.6. The number of hydrogen-bond acceptors (Lipinski definition) is 6. The summed E-state index contributed by atoms with van der Waals surface area (Å²) in [4.78, 5) is 22.8. The number of methoxy groups -OCH3 is 1. The lowest BCUT2D eigenvalue weighted by Gasteiger charge is -2.36. The summed E-state index contributed by atoms with van der Waals surface area (Å²) >= 11 is 0. The van der Waals surface area contributed by atoms with Crippen LogP contribution in [0.5, 0.6) is 0 Å². The van der Waals surface area contributed by atoms with Gasteiger partial charge in [0.15, 0.2) is 0 Å². The molecule has 3 atom stereocenters. The number of fused-ring (bicyclic) bond motifs is 2. The van der Waals surface area contributed by atoms with Crippen LogP contribution < -0.4 is 0 Å². The Morgan fingerprint density at radius 1 is 1.32 bits per heavy atom. The van der Waals surface area contributed by atoms with Crippen LogP contribution in [0, 0.1) is 15.5 Å². The van der Waals surface area contributed by atoms with E-state index in [1.165, 1.54) is 24.3 Å². The van der Waals surface area contributed by atoms with Gasteiger partial charge in [0.2, 0.25) is 5.79 Å². The first-order valence-corrected chi connectivity index (χ1v) is 8.06. The van der Waals surface area contributed by atoms with Crippen LogP contribution in [0.2, 0.25) is 0 Å². The fraction of sp³-hybridized carbons (Fsp3) is 0.500. The minimum absolute atomic E-state index is 0.0790. The van der Waals surface area contributed by atoms with Crippen molar-refractivity contribution in [2.24, 2.45) is 5.41 Å². The maximum Gasteiger partial charge on any atom is 0.340 e. The van der Waals surface area contributed by atoms with Gasteiger partial charge in [0, 0.05) is 31.1 Å². The molecular weight excluding hydrogens is 326 g/mol. The van der Waals surface area contributed by atoms with Crippen molar-refractivity contribution in [1.82, 2.24) is 0 Å². The highest BCUT2D eigenvalue weighted by atomic mass is 16.7. The van der Waals surface area contributed by atoms with E-state index < -0.39 is 16.7 Å². The van der Waals surface area contributed by atoms with E-state index in [1.807, 2.05) is 13.0 Å². The fourth-order valence-corrected chi connectivity index (χ4v) is 3.57. The number of rotatable bonds is 4. The molecule has 3 unspecified atom stereocenters. The Balaban J connectivity index is 1.86. The van der Waals surface area contributed by atoms with Gasteiger partial charge in [-0.2, -0.15) is 0 Å². The number of ether oxygens (including phenoxy) is 3. The van der Waals surface area contributed by atoms with Crippen molar-refractivity contribution in [2.45, 2.75) is 45.2 Å². The number of non-ortho nitro benzene ring substituents is 1. The lowest BCUT2D eigenvalue weighted by molar-refractivity contribution is -0.384. The summed E-state index contributed by atoms with van der Waals surface area (Å²) in [5, 5.41) is 10.7. The van der Waals surface area contributed by atoms with Crippen LogP contribution in [0.15, 0.2) is 35.9 Å². The zero-order chi connectivity index (χ0) is 18.4. The third-order valence-electron chi connectivity index (χ3n) is 4.93. The van der Waals surface area contributed by atoms with Crippen LogP contribution in [-0.4, -0.2) is 36.0 Å². The Hall–Kier alpha value is -2.25. The number of benzene rings is 1. The van der Waals surface area contributed by atoms with E-state index in [1.54, 1.807) is 7.11 Å². The molecule has 134 valence electrons. The van der Waals surface area contributed by atoms with Gasteiger partial charge in [-0.15, -0.1) is 0 Å². The summed E-state index contributed by atoms with van der Waals surface area (Å²) in [5.41, 5.74) is 0.720. The molecule has 2 bridgehead atoms. The fourth-order valence-electron chi connectivity index (χ4n) is 3.57. The maximum atomic E-state index is 12.6. The molecule has 1 fully saturated rings. The molecule has 0 amide bonds. The topological polar surface area (TPSA) is 87.9 Å². The van der Waals surface area contributed by atoms with Crippen LogP contribution in [0.3, 0.4) is 0 Å². The molecule has 7 heteroatoms. The second-order valence-electron chi connectivity index (χ2n) is 7.20.